The van der Waals surface area contributed by atoms with E-state index in [9.17, 15) is 0 Å². The second-order valence-corrected chi connectivity index (χ2v) is 5.82. The molecule has 1 aliphatic rings. The minimum atomic E-state index is 0.124. The number of fused-ring (bicyclic) bond motifs is 1. The summed E-state index contributed by atoms with van der Waals surface area (Å²) in [6.45, 7) is 5.63. The van der Waals surface area contributed by atoms with Gasteiger partial charge in [0, 0.05) is 31.4 Å². The van der Waals surface area contributed by atoms with E-state index in [0.29, 0.717) is 6.54 Å². The van der Waals surface area contributed by atoms with Crippen LogP contribution in [0.5, 0.6) is 5.75 Å². The van der Waals surface area contributed by atoms with Crippen molar-refractivity contribution >= 4 is 0 Å². The predicted octanol–water partition coefficient (Wildman–Crippen LogP) is 1.75. The molecule has 2 heterocycles. The van der Waals surface area contributed by atoms with Crippen molar-refractivity contribution in [2.24, 2.45) is 0 Å². The van der Waals surface area contributed by atoms with Gasteiger partial charge in [0.25, 0.3) is 0 Å². The maximum atomic E-state index is 9.01. The number of aromatic nitrogens is 2. The van der Waals surface area contributed by atoms with Crippen LogP contribution in [0, 0.1) is 6.92 Å². The number of methoxy groups -OCH3 is 1. The van der Waals surface area contributed by atoms with E-state index in [1.807, 2.05) is 17.7 Å². The molecular formula is C17H23N3O2. The molecule has 0 aliphatic carbocycles. The number of ether oxygens (including phenoxy) is 1. The summed E-state index contributed by atoms with van der Waals surface area (Å²) in [5.41, 5.74) is 5.06. The minimum absolute atomic E-state index is 0.124. The molecule has 0 unspecified atom stereocenters. The highest BCUT2D eigenvalue weighted by Gasteiger charge is 2.18. The van der Waals surface area contributed by atoms with Crippen molar-refractivity contribution in [2.45, 2.75) is 33.0 Å². The molecule has 1 N–H and O–H groups in total. The number of hydrogen-bond donors (Lipinski definition) is 1. The first-order valence-electron chi connectivity index (χ1n) is 7.71. The number of hydrogen-bond acceptors (Lipinski definition) is 4. The molecule has 2 aromatic rings. The van der Waals surface area contributed by atoms with Crippen molar-refractivity contribution in [3.63, 3.8) is 0 Å². The summed E-state index contributed by atoms with van der Waals surface area (Å²) in [7, 11) is 1.71. The highest BCUT2D eigenvalue weighted by Crippen LogP contribution is 2.25. The number of aliphatic hydroxyl groups excluding tert-OH is 1. The molecule has 0 atom stereocenters. The van der Waals surface area contributed by atoms with Gasteiger partial charge in [0.15, 0.2) is 0 Å². The fraction of sp³-hybridized carbons (Fsp3) is 0.471. The van der Waals surface area contributed by atoms with Gasteiger partial charge in [-0.15, -0.1) is 0 Å². The lowest BCUT2D eigenvalue weighted by atomic mass is 9.99. The first kappa shape index (κ1) is 15.1. The molecule has 22 heavy (non-hydrogen) atoms. The third-order valence-electron chi connectivity index (χ3n) is 4.28. The Morgan fingerprint density at radius 2 is 2.18 bits per heavy atom. The van der Waals surface area contributed by atoms with E-state index < -0.39 is 0 Å². The Balaban J connectivity index is 1.70. The van der Waals surface area contributed by atoms with Crippen molar-refractivity contribution in [2.75, 3.05) is 20.3 Å². The second-order valence-electron chi connectivity index (χ2n) is 5.82. The van der Waals surface area contributed by atoms with Gasteiger partial charge in [-0.3, -0.25) is 9.58 Å². The topological polar surface area (TPSA) is 50.5 Å². The Labute approximate surface area is 131 Å². The Hall–Kier alpha value is -1.85. The lowest BCUT2D eigenvalue weighted by molar-refractivity contribution is 0.244. The van der Waals surface area contributed by atoms with Gasteiger partial charge in [-0.1, -0.05) is 6.07 Å². The monoisotopic (exact) mass is 301 g/mol. The highest BCUT2D eigenvalue weighted by atomic mass is 16.5. The number of aryl methyl sites for hydroxylation is 1. The summed E-state index contributed by atoms with van der Waals surface area (Å²) in [5.74, 6) is 0.938. The zero-order valence-corrected chi connectivity index (χ0v) is 13.2. The lowest BCUT2D eigenvalue weighted by Gasteiger charge is -2.28. The van der Waals surface area contributed by atoms with Crippen LogP contribution in [0.25, 0.3) is 0 Å². The quantitative estimate of drug-likeness (QED) is 0.914. The minimum Gasteiger partial charge on any atom is -0.497 e. The molecule has 0 saturated carbocycles. The van der Waals surface area contributed by atoms with Crippen LogP contribution in [0.15, 0.2) is 24.4 Å². The number of nitrogens with zero attached hydrogens (tertiary/aromatic N) is 3. The van der Waals surface area contributed by atoms with Crippen LogP contribution in [0.4, 0.5) is 0 Å². The summed E-state index contributed by atoms with van der Waals surface area (Å²) in [4.78, 5) is 2.45. The molecule has 0 amide bonds. The van der Waals surface area contributed by atoms with E-state index in [1.54, 1.807) is 7.11 Å². The second kappa shape index (κ2) is 6.50. The van der Waals surface area contributed by atoms with Gasteiger partial charge >= 0.3 is 0 Å². The van der Waals surface area contributed by atoms with Crippen molar-refractivity contribution in [1.82, 2.24) is 14.7 Å². The van der Waals surface area contributed by atoms with Gasteiger partial charge in [-0.2, -0.15) is 5.10 Å². The molecular weight excluding hydrogens is 278 g/mol. The van der Waals surface area contributed by atoms with Crippen LogP contribution >= 0.6 is 0 Å². The summed E-state index contributed by atoms with van der Waals surface area (Å²) in [6.07, 6.45) is 3.10. The maximum Gasteiger partial charge on any atom is 0.119 e. The van der Waals surface area contributed by atoms with Gasteiger partial charge in [-0.25, -0.2) is 0 Å². The zero-order valence-electron chi connectivity index (χ0n) is 13.2. The number of benzene rings is 1. The maximum absolute atomic E-state index is 9.01. The molecule has 0 fully saturated rings. The van der Waals surface area contributed by atoms with Crippen LogP contribution < -0.4 is 4.74 Å². The summed E-state index contributed by atoms with van der Waals surface area (Å²) < 4.78 is 7.13. The molecule has 1 aromatic heterocycles. The first-order valence-corrected chi connectivity index (χ1v) is 7.71. The molecule has 5 heteroatoms. The molecule has 0 radical (unpaired) electrons. The smallest absolute Gasteiger partial charge is 0.119 e. The Kier molecular flexibility index (Phi) is 4.45. The van der Waals surface area contributed by atoms with E-state index in [4.69, 9.17) is 9.84 Å². The van der Waals surface area contributed by atoms with Crippen LogP contribution in [-0.2, 0) is 26.1 Å². The van der Waals surface area contributed by atoms with Crippen LogP contribution in [0.1, 0.15) is 22.4 Å². The largest absolute Gasteiger partial charge is 0.497 e. The molecule has 0 bridgehead atoms. The molecule has 0 spiro atoms. The van der Waals surface area contributed by atoms with Gasteiger partial charge in [-0.05, 0) is 36.6 Å². The van der Waals surface area contributed by atoms with E-state index in [0.717, 1.165) is 37.5 Å². The normalized spacial score (nSPS) is 14.9. The average molecular weight is 301 g/mol. The molecule has 0 saturated heterocycles. The SMILES string of the molecule is COc1ccc2c(c1)CCN(Cc1cn(CCO)nc1C)C2. The van der Waals surface area contributed by atoms with Gasteiger partial charge in [0.05, 0.1) is 26.0 Å². The van der Waals surface area contributed by atoms with E-state index >= 15 is 0 Å². The summed E-state index contributed by atoms with van der Waals surface area (Å²) in [6, 6.07) is 6.35. The van der Waals surface area contributed by atoms with Crippen LogP contribution in [0.2, 0.25) is 0 Å². The molecule has 1 aliphatic heterocycles. The van der Waals surface area contributed by atoms with Crippen LogP contribution in [-0.4, -0.2) is 40.0 Å². The van der Waals surface area contributed by atoms with Crippen molar-refractivity contribution in [3.8, 4) is 5.75 Å². The third kappa shape index (κ3) is 3.15. The molecule has 118 valence electrons. The highest BCUT2D eigenvalue weighted by molar-refractivity contribution is 5.37. The Morgan fingerprint density at radius 1 is 1.32 bits per heavy atom. The third-order valence-corrected chi connectivity index (χ3v) is 4.28. The van der Waals surface area contributed by atoms with Crippen molar-refractivity contribution < 1.29 is 9.84 Å². The molecule has 3 rings (SSSR count). The standard InChI is InChI=1S/C17H23N3O2/c1-13-16(12-20(18-13)7-8-21)11-19-6-5-14-9-17(22-2)4-3-15(14)10-19/h3-4,9,12,21H,5-8,10-11H2,1-2H3. The number of rotatable bonds is 5. The molecule has 1 aromatic carbocycles. The Morgan fingerprint density at radius 3 is 2.95 bits per heavy atom. The van der Waals surface area contributed by atoms with Gasteiger partial charge < -0.3 is 9.84 Å². The predicted molar refractivity (Wildman–Crippen MR) is 84.9 cm³/mol. The van der Waals surface area contributed by atoms with Crippen molar-refractivity contribution in [1.29, 1.82) is 0 Å². The fourth-order valence-electron chi connectivity index (χ4n) is 3.02. The fourth-order valence-corrected chi connectivity index (χ4v) is 3.02. The lowest BCUT2D eigenvalue weighted by Crippen LogP contribution is -2.30. The van der Waals surface area contributed by atoms with Gasteiger partial charge in [0.1, 0.15) is 5.75 Å². The van der Waals surface area contributed by atoms with E-state index in [-0.39, 0.29) is 6.61 Å². The first-order chi connectivity index (χ1) is 10.7. The Bertz CT molecular complexity index is 651. The average Bonchev–Trinajstić information content (AvgIpc) is 2.87. The van der Waals surface area contributed by atoms with E-state index in [2.05, 4.69) is 28.3 Å². The molecule has 5 nitrogen and oxygen atoms in total. The zero-order chi connectivity index (χ0) is 15.5. The van der Waals surface area contributed by atoms with E-state index in [1.165, 1.54) is 16.7 Å². The summed E-state index contributed by atoms with van der Waals surface area (Å²) >= 11 is 0. The van der Waals surface area contributed by atoms with Crippen molar-refractivity contribution in [3.05, 3.63) is 46.8 Å². The van der Waals surface area contributed by atoms with Gasteiger partial charge in [0.2, 0.25) is 0 Å². The number of aliphatic hydroxyl groups is 1. The summed E-state index contributed by atoms with van der Waals surface area (Å²) in [5, 5.41) is 13.5. The van der Waals surface area contributed by atoms with Crippen LogP contribution in [0.3, 0.4) is 0 Å².